The summed E-state index contributed by atoms with van der Waals surface area (Å²) in [7, 11) is 3.15. The van der Waals surface area contributed by atoms with Crippen LogP contribution in [-0.4, -0.2) is 29.5 Å². The molecule has 3 rings (SSSR count). The molecule has 23 heavy (non-hydrogen) atoms. The maximum atomic E-state index is 10.1. The average Bonchev–Trinajstić information content (AvgIpc) is 2.96. The van der Waals surface area contributed by atoms with Crippen molar-refractivity contribution < 1.29 is 14.6 Å². The van der Waals surface area contributed by atoms with Crippen molar-refractivity contribution in [1.82, 2.24) is 10.2 Å². The van der Waals surface area contributed by atoms with Crippen molar-refractivity contribution in [2.24, 2.45) is 0 Å². The summed E-state index contributed by atoms with van der Waals surface area (Å²) in [6.45, 7) is 0. The molecule has 0 spiro atoms. The number of aromatic nitrogens is 2. The average molecular weight is 311 g/mol. The number of hydrogen-bond acceptors (Lipinski definition) is 5. The fraction of sp³-hybridized carbons (Fsp3) is 0.118. The quantitative estimate of drug-likeness (QED) is 0.688. The smallest absolute Gasteiger partial charge is 0.161 e. The van der Waals surface area contributed by atoms with Gasteiger partial charge in [-0.15, -0.1) is 0 Å². The number of benzene rings is 2. The molecule has 0 bridgehead atoms. The van der Waals surface area contributed by atoms with Gasteiger partial charge in [0.05, 0.1) is 25.5 Å². The molecule has 0 saturated heterocycles. The maximum absolute atomic E-state index is 10.1. The molecule has 0 aliphatic heterocycles. The number of phenolic OH excluding ortho intramolecular Hbond substituents is 1. The largest absolute Gasteiger partial charge is 0.507 e. The lowest BCUT2D eigenvalue weighted by Crippen LogP contribution is -1.93. The van der Waals surface area contributed by atoms with E-state index in [0.29, 0.717) is 34.1 Å². The molecule has 1 aromatic heterocycles. The number of aromatic hydroxyl groups is 1. The summed E-state index contributed by atoms with van der Waals surface area (Å²) in [6, 6.07) is 12.5. The molecule has 118 valence electrons. The zero-order chi connectivity index (χ0) is 16.4. The molecule has 0 atom stereocenters. The van der Waals surface area contributed by atoms with E-state index in [1.807, 2.05) is 18.2 Å². The molecule has 0 fully saturated rings. The van der Waals surface area contributed by atoms with Crippen molar-refractivity contribution in [3.8, 4) is 39.6 Å². The minimum atomic E-state index is 0.151. The van der Waals surface area contributed by atoms with Gasteiger partial charge in [-0.2, -0.15) is 5.10 Å². The molecule has 6 heteroatoms. The number of anilines is 1. The van der Waals surface area contributed by atoms with Crippen LogP contribution in [0.3, 0.4) is 0 Å². The van der Waals surface area contributed by atoms with Gasteiger partial charge in [0.15, 0.2) is 17.3 Å². The maximum Gasteiger partial charge on any atom is 0.161 e. The minimum absolute atomic E-state index is 0.151. The highest BCUT2D eigenvalue weighted by Crippen LogP contribution is 2.40. The number of nitrogens with two attached hydrogens (primary N) is 1. The van der Waals surface area contributed by atoms with E-state index < -0.39 is 0 Å². The SMILES string of the molecule is COc1ccc(-c2c(N)n[nH]c2-c2ccccc2O)cc1OC. The number of nitrogens with zero attached hydrogens (tertiary/aromatic N) is 1. The molecule has 4 N–H and O–H groups in total. The highest BCUT2D eigenvalue weighted by molar-refractivity contribution is 5.90. The Balaban J connectivity index is 2.18. The van der Waals surface area contributed by atoms with Crippen molar-refractivity contribution in [3.05, 3.63) is 42.5 Å². The summed E-state index contributed by atoms with van der Waals surface area (Å²) < 4.78 is 10.6. The van der Waals surface area contributed by atoms with Crippen molar-refractivity contribution in [2.75, 3.05) is 20.0 Å². The van der Waals surface area contributed by atoms with Gasteiger partial charge in [0.25, 0.3) is 0 Å². The number of para-hydroxylation sites is 1. The highest BCUT2D eigenvalue weighted by Gasteiger charge is 2.18. The third-order valence-electron chi connectivity index (χ3n) is 3.64. The summed E-state index contributed by atoms with van der Waals surface area (Å²) >= 11 is 0. The molecule has 0 aliphatic rings. The topological polar surface area (TPSA) is 93.4 Å². The van der Waals surface area contributed by atoms with E-state index in [0.717, 1.165) is 5.56 Å². The monoisotopic (exact) mass is 311 g/mol. The molecule has 0 radical (unpaired) electrons. The van der Waals surface area contributed by atoms with Gasteiger partial charge in [-0.05, 0) is 29.8 Å². The zero-order valence-corrected chi connectivity index (χ0v) is 12.8. The Morgan fingerprint density at radius 2 is 1.78 bits per heavy atom. The van der Waals surface area contributed by atoms with Gasteiger partial charge in [-0.3, -0.25) is 5.10 Å². The Kier molecular flexibility index (Phi) is 3.80. The predicted octanol–water partition coefficient (Wildman–Crippen LogP) is 3.05. The van der Waals surface area contributed by atoms with E-state index in [1.54, 1.807) is 38.5 Å². The van der Waals surface area contributed by atoms with E-state index in [-0.39, 0.29) is 5.75 Å². The number of phenols is 1. The predicted molar refractivity (Wildman–Crippen MR) is 88.6 cm³/mol. The summed E-state index contributed by atoms with van der Waals surface area (Å²) in [5, 5.41) is 17.1. The second kappa shape index (κ2) is 5.92. The van der Waals surface area contributed by atoms with Crippen LogP contribution < -0.4 is 15.2 Å². The Hall–Kier alpha value is -3.15. The highest BCUT2D eigenvalue weighted by atomic mass is 16.5. The first kappa shape index (κ1) is 14.8. The van der Waals surface area contributed by atoms with Gasteiger partial charge in [0.2, 0.25) is 0 Å². The number of nitrogen functional groups attached to an aromatic ring is 1. The molecule has 2 aromatic carbocycles. The third kappa shape index (κ3) is 2.55. The number of methoxy groups -OCH3 is 2. The van der Waals surface area contributed by atoms with Crippen LogP contribution in [-0.2, 0) is 0 Å². The summed E-state index contributed by atoms with van der Waals surface area (Å²) in [5.74, 6) is 1.71. The van der Waals surface area contributed by atoms with Crippen molar-refractivity contribution in [1.29, 1.82) is 0 Å². The van der Waals surface area contributed by atoms with Crippen LogP contribution in [0.5, 0.6) is 17.2 Å². The van der Waals surface area contributed by atoms with Gasteiger partial charge >= 0.3 is 0 Å². The number of ether oxygens (including phenoxy) is 2. The van der Waals surface area contributed by atoms with Crippen LogP contribution in [0.1, 0.15) is 0 Å². The lowest BCUT2D eigenvalue weighted by atomic mass is 10.00. The molecule has 0 unspecified atom stereocenters. The second-order valence-corrected chi connectivity index (χ2v) is 4.95. The van der Waals surface area contributed by atoms with E-state index in [1.165, 1.54) is 0 Å². The molecular weight excluding hydrogens is 294 g/mol. The van der Waals surface area contributed by atoms with Crippen molar-refractivity contribution in [3.63, 3.8) is 0 Å². The Morgan fingerprint density at radius 3 is 2.48 bits per heavy atom. The number of rotatable bonds is 4. The number of aromatic amines is 1. The normalized spacial score (nSPS) is 10.5. The summed E-state index contributed by atoms with van der Waals surface area (Å²) in [5.41, 5.74) is 8.81. The molecule has 0 saturated carbocycles. The van der Waals surface area contributed by atoms with Crippen LogP contribution in [0.15, 0.2) is 42.5 Å². The number of hydrogen-bond donors (Lipinski definition) is 3. The first-order valence-corrected chi connectivity index (χ1v) is 7.00. The number of H-pyrrole nitrogens is 1. The lowest BCUT2D eigenvalue weighted by molar-refractivity contribution is 0.355. The van der Waals surface area contributed by atoms with E-state index in [9.17, 15) is 5.11 Å². The van der Waals surface area contributed by atoms with Crippen LogP contribution >= 0.6 is 0 Å². The molecular formula is C17H17N3O3. The second-order valence-electron chi connectivity index (χ2n) is 4.95. The van der Waals surface area contributed by atoms with Crippen molar-refractivity contribution >= 4 is 5.82 Å². The lowest BCUT2D eigenvalue weighted by Gasteiger charge is -2.11. The molecule has 3 aromatic rings. The van der Waals surface area contributed by atoms with Crippen LogP contribution in [0.2, 0.25) is 0 Å². The van der Waals surface area contributed by atoms with Crippen molar-refractivity contribution in [2.45, 2.75) is 0 Å². The van der Waals surface area contributed by atoms with E-state index in [4.69, 9.17) is 15.2 Å². The van der Waals surface area contributed by atoms with Gasteiger partial charge in [-0.1, -0.05) is 18.2 Å². The van der Waals surface area contributed by atoms with Gasteiger partial charge < -0.3 is 20.3 Å². The fourth-order valence-corrected chi connectivity index (χ4v) is 2.52. The van der Waals surface area contributed by atoms with Crippen LogP contribution in [0.25, 0.3) is 22.4 Å². The molecule has 0 aliphatic carbocycles. The molecule has 6 nitrogen and oxygen atoms in total. The van der Waals surface area contributed by atoms with E-state index in [2.05, 4.69) is 10.2 Å². The Bertz CT molecular complexity index is 843. The zero-order valence-electron chi connectivity index (χ0n) is 12.8. The third-order valence-corrected chi connectivity index (χ3v) is 3.64. The molecule has 0 amide bonds. The summed E-state index contributed by atoms with van der Waals surface area (Å²) in [4.78, 5) is 0. The fourth-order valence-electron chi connectivity index (χ4n) is 2.52. The van der Waals surface area contributed by atoms with Crippen LogP contribution in [0, 0.1) is 0 Å². The van der Waals surface area contributed by atoms with Gasteiger partial charge in [0, 0.05) is 5.56 Å². The Morgan fingerprint density at radius 1 is 1.04 bits per heavy atom. The minimum Gasteiger partial charge on any atom is -0.507 e. The Labute approximate surface area is 133 Å². The summed E-state index contributed by atoms with van der Waals surface area (Å²) in [6.07, 6.45) is 0. The number of nitrogens with one attached hydrogen (secondary N) is 1. The van der Waals surface area contributed by atoms with Gasteiger partial charge in [-0.25, -0.2) is 0 Å². The van der Waals surface area contributed by atoms with Gasteiger partial charge in [0.1, 0.15) is 5.75 Å². The first-order chi connectivity index (χ1) is 11.2. The van der Waals surface area contributed by atoms with Crippen LogP contribution in [0.4, 0.5) is 5.82 Å². The molecule has 1 heterocycles. The van der Waals surface area contributed by atoms with E-state index >= 15 is 0 Å². The first-order valence-electron chi connectivity index (χ1n) is 7.00. The standard InChI is InChI=1S/C17H17N3O3/c1-22-13-8-7-10(9-14(13)23-2)15-16(19-20-17(15)18)11-5-3-4-6-12(11)21/h3-9,21H,1-2H3,(H3,18,19,20).